The van der Waals surface area contributed by atoms with Crippen LogP contribution in [0.4, 0.5) is 5.69 Å². The van der Waals surface area contributed by atoms with E-state index in [-0.39, 0.29) is 42.9 Å². The number of amides is 1. The maximum atomic E-state index is 12.4. The van der Waals surface area contributed by atoms with Crippen LogP contribution in [-0.2, 0) is 11.2 Å². The molecule has 1 aliphatic heterocycles. The largest absolute Gasteiger partial charge is 0.399 e. The van der Waals surface area contributed by atoms with E-state index in [1.54, 1.807) is 6.92 Å². The van der Waals surface area contributed by atoms with Gasteiger partial charge in [-0.05, 0) is 31.5 Å². The Bertz CT molecular complexity index is 483. The lowest BCUT2D eigenvalue weighted by molar-refractivity contribution is -0.133. The molecule has 1 amide bonds. The third kappa shape index (κ3) is 6.55. The molecule has 3 N–H and O–H groups in total. The highest BCUT2D eigenvalue weighted by molar-refractivity contribution is 5.85. The number of carbonyl (C=O) groups is 1. The molecule has 2 atom stereocenters. The summed E-state index contributed by atoms with van der Waals surface area (Å²) in [6.07, 6.45) is 0.0909. The van der Waals surface area contributed by atoms with Gasteiger partial charge >= 0.3 is 0 Å². The predicted molar refractivity (Wildman–Crippen MR) is 98.4 cm³/mol. The number of rotatable bonds is 4. The Morgan fingerprint density at radius 2 is 1.91 bits per heavy atom. The molecule has 5 nitrogen and oxygen atoms in total. The summed E-state index contributed by atoms with van der Waals surface area (Å²) in [5, 5.41) is 9.48. The number of aliphatic hydroxyl groups excluding tert-OH is 1. The van der Waals surface area contributed by atoms with Crippen molar-refractivity contribution in [3.05, 3.63) is 29.8 Å². The Kier molecular flexibility index (Phi) is 9.54. The number of benzene rings is 1. The second kappa shape index (κ2) is 9.98. The minimum atomic E-state index is -0.329. The molecule has 2 rings (SSSR count). The number of β-amino-alcohol motifs (C(OH)–C–C–N with tert-alkyl or cyclic N) is 1. The first-order valence-corrected chi connectivity index (χ1v) is 7.50. The van der Waals surface area contributed by atoms with Crippen LogP contribution >= 0.6 is 24.8 Å². The quantitative estimate of drug-likeness (QED) is 0.796. The molecule has 1 heterocycles. The highest BCUT2D eigenvalue weighted by atomic mass is 35.5. The van der Waals surface area contributed by atoms with E-state index in [1.807, 2.05) is 29.2 Å². The standard InChI is InChI=1S/C16H25N3O2.2ClH/c1-12-10-19(8-7-18(12)11-13(2)20)16(21)9-14-3-5-15(17)6-4-14;;/h3-6,12-13,20H,7-11,17H2,1-2H3;2*1H. The first-order valence-electron chi connectivity index (χ1n) is 7.50. The summed E-state index contributed by atoms with van der Waals surface area (Å²) in [5.41, 5.74) is 7.36. The molecule has 1 saturated heterocycles. The second-order valence-corrected chi connectivity index (χ2v) is 5.95. The zero-order valence-electron chi connectivity index (χ0n) is 13.6. The van der Waals surface area contributed by atoms with Crippen LogP contribution in [0, 0.1) is 0 Å². The van der Waals surface area contributed by atoms with E-state index in [0.29, 0.717) is 18.7 Å². The molecule has 1 aromatic carbocycles. The number of nitrogens with zero attached hydrogens (tertiary/aromatic N) is 2. The van der Waals surface area contributed by atoms with Crippen LogP contribution in [0.2, 0.25) is 0 Å². The zero-order chi connectivity index (χ0) is 15.4. The maximum absolute atomic E-state index is 12.4. The summed E-state index contributed by atoms with van der Waals surface area (Å²) in [6, 6.07) is 7.74. The molecular formula is C16H27Cl2N3O2. The van der Waals surface area contributed by atoms with Gasteiger partial charge in [-0.2, -0.15) is 0 Å². The number of hydrogen-bond donors (Lipinski definition) is 2. The summed E-state index contributed by atoms with van der Waals surface area (Å²) < 4.78 is 0. The van der Waals surface area contributed by atoms with E-state index in [9.17, 15) is 9.90 Å². The van der Waals surface area contributed by atoms with Crippen LogP contribution < -0.4 is 5.73 Å². The summed E-state index contributed by atoms with van der Waals surface area (Å²) >= 11 is 0. The molecule has 0 saturated carbocycles. The topological polar surface area (TPSA) is 69.8 Å². The summed E-state index contributed by atoms with van der Waals surface area (Å²) in [4.78, 5) is 16.5. The maximum Gasteiger partial charge on any atom is 0.227 e. The minimum absolute atomic E-state index is 0. The van der Waals surface area contributed by atoms with Gasteiger partial charge in [-0.15, -0.1) is 24.8 Å². The Hall–Kier alpha value is -1.01. The van der Waals surface area contributed by atoms with Gasteiger partial charge in [0.2, 0.25) is 5.91 Å². The van der Waals surface area contributed by atoms with Crippen molar-refractivity contribution in [3.63, 3.8) is 0 Å². The van der Waals surface area contributed by atoms with Crippen LogP contribution in [0.15, 0.2) is 24.3 Å². The van der Waals surface area contributed by atoms with E-state index in [4.69, 9.17) is 5.73 Å². The van der Waals surface area contributed by atoms with Crippen molar-refractivity contribution in [2.24, 2.45) is 0 Å². The first-order chi connectivity index (χ1) is 9.95. The Labute approximate surface area is 150 Å². The fraction of sp³-hybridized carbons (Fsp3) is 0.562. The number of piperazine rings is 1. The highest BCUT2D eigenvalue weighted by Crippen LogP contribution is 2.13. The van der Waals surface area contributed by atoms with Crippen molar-refractivity contribution in [1.82, 2.24) is 9.80 Å². The average molecular weight is 364 g/mol. The van der Waals surface area contributed by atoms with E-state index >= 15 is 0 Å². The number of halogens is 2. The Morgan fingerprint density at radius 3 is 2.43 bits per heavy atom. The summed E-state index contributed by atoms with van der Waals surface area (Å²) in [5.74, 6) is 0.156. The van der Waals surface area contributed by atoms with E-state index in [0.717, 1.165) is 25.2 Å². The molecule has 0 spiro atoms. The fourth-order valence-corrected chi connectivity index (χ4v) is 2.75. The SMILES string of the molecule is CC(O)CN1CCN(C(=O)Cc2ccc(N)cc2)CC1C.Cl.Cl. The van der Waals surface area contributed by atoms with Crippen molar-refractivity contribution in [1.29, 1.82) is 0 Å². The molecule has 0 bridgehead atoms. The van der Waals surface area contributed by atoms with E-state index in [1.165, 1.54) is 0 Å². The number of nitrogens with two attached hydrogens (primary N) is 1. The molecule has 132 valence electrons. The monoisotopic (exact) mass is 363 g/mol. The lowest BCUT2D eigenvalue weighted by Crippen LogP contribution is -2.55. The molecule has 7 heteroatoms. The molecule has 1 aromatic rings. The van der Waals surface area contributed by atoms with Gasteiger partial charge in [-0.25, -0.2) is 0 Å². The molecule has 0 aromatic heterocycles. The molecule has 2 unspecified atom stereocenters. The van der Waals surface area contributed by atoms with Crippen LogP contribution in [0.1, 0.15) is 19.4 Å². The second-order valence-electron chi connectivity index (χ2n) is 5.95. The number of carbonyl (C=O) groups excluding carboxylic acids is 1. The van der Waals surface area contributed by atoms with Crippen molar-refractivity contribution >= 4 is 36.4 Å². The molecule has 1 fully saturated rings. The highest BCUT2D eigenvalue weighted by Gasteiger charge is 2.27. The Morgan fingerprint density at radius 1 is 1.30 bits per heavy atom. The van der Waals surface area contributed by atoms with Gasteiger partial charge in [0.25, 0.3) is 0 Å². The predicted octanol–water partition coefficient (Wildman–Crippen LogP) is 1.57. The minimum Gasteiger partial charge on any atom is -0.399 e. The van der Waals surface area contributed by atoms with Crippen molar-refractivity contribution < 1.29 is 9.90 Å². The normalized spacial score (nSPS) is 19.4. The van der Waals surface area contributed by atoms with Gasteiger partial charge < -0.3 is 15.7 Å². The molecule has 23 heavy (non-hydrogen) atoms. The van der Waals surface area contributed by atoms with Crippen LogP contribution in [-0.4, -0.2) is 59.1 Å². The van der Waals surface area contributed by atoms with Crippen LogP contribution in [0.5, 0.6) is 0 Å². The average Bonchev–Trinajstić information content (AvgIpc) is 2.43. The number of anilines is 1. The number of hydrogen-bond acceptors (Lipinski definition) is 4. The zero-order valence-corrected chi connectivity index (χ0v) is 15.3. The van der Waals surface area contributed by atoms with Crippen LogP contribution in [0.25, 0.3) is 0 Å². The lowest BCUT2D eigenvalue weighted by Gasteiger charge is -2.40. The third-order valence-corrected chi connectivity index (χ3v) is 3.95. The van der Waals surface area contributed by atoms with Gasteiger partial charge in [0, 0.05) is 37.9 Å². The Balaban J connectivity index is 0.00000242. The third-order valence-electron chi connectivity index (χ3n) is 3.95. The first kappa shape index (κ1) is 22.0. The molecular weight excluding hydrogens is 337 g/mol. The van der Waals surface area contributed by atoms with E-state index in [2.05, 4.69) is 11.8 Å². The molecule has 0 radical (unpaired) electrons. The van der Waals surface area contributed by atoms with Crippen molar-refractivity contribution in [2.75, 3.05) is 31.9 Å². The van der Waals surface area contributed by atoms with Gasteiger partial charge in [-0.3, -0.25) is 9.69 Å². The number of aliphatic hydroxyl groups is 1. The van der Waals surface area contributed by atoms with Crippen LogP contribution in [0.3, 0.4) is 0 Å². The molecule has 1 aliphatic rings. The smallest absolute Gasteiger partial charge is 0.227 e. The van der Waals surface area contributed by atoms with Crippen molar-refractivity contribution in [2.45, 2.75) is 32.4 Å². The summed E-state index contributed by atoms with van der Waals surface area (Å²) in [6.45, 7) is 6.84. The van der Waals surface area contributed by atoms with Gasteiger partial charge in [0.15, 0.2) is 0 Å². The number of nitrogen functional groups attached to an aromatic ring is 1. The fourth-order valence-electron chi connectivity index (χ4n) is 2.75. The summed E-state index contributed by atoms with van der Waals surface area (Å²) in [7, 11) is 0. The lowest BCUT2D eigenvalue weighted by atomic mass is 10.1. The van der Waals surface area contributed by atoms with Crippen molar-refractivity contribution in [3.8, 4) is 0 Å². The van der Waals surface area contributed by atoms with Gasteiger partial charge in [-0.1, -0.05) is 12.1 Å². The van der Waals surface area contributed by atoms with E-state index < -0.39 is 0 Å². The van der Waals surface area contributed by atoms with Gasteiger partial charge in [0.1, 0.15) is 0 Å². The van der Waals surface area contributed by atoms with Gasteiger partial charge in [0.05, 0.1) is 12.5 Å². The molecule has 0 aliphatic carbocycles.